The van der Waals surface area contributed by atoms with E-state index >= 15 is 0 Å². The first-order chi connectivity index (χ1) is 12.4. The van der Waals surface area contributed by atoms with Crippen LogP contribution in [0.5, 0.6) is 0 Å². The molecule has 1 aromatic carbocycles. The van der Waals surface area contributed by atoms with Crippen molar-refractivity contribution >= 4 is 37.5 Å². The minimum Gasteiger partial charge on any atom is -0.324 e. The third-order valence-corrected chi connectivity index (χ3v) is 6.50. The number of pyridine rings is 1. The van der Waals surface area contributed by atoms with Crippen molar-refractivity contribution in [3.63, 3.8) is 0 Å². The summed E-state index contributed by atoms with van der Waals surface area (Å²) in [5, 5.41) is 2.68. The maximum Gasteiger partial charge on any atom is 0.271 e. The Morgan fingerprint density at radius 2 is 1.88 bits per heavy atom. The van der Waals surface area contributed by atoms with Crippen LogP contribution in [-0.2, 0) is 21.4 Å². The topological polar surface area (TPSA) is 88.5 Å². The van der Waals surface area contributed by atoms with Gasteiger partial charge in [0.25, 0.3) is 5.56 Å². The van der Waals surface area contributed by atoms with Gasteiger partial charge in [0.2, 0.25) is 15.9 Å². The molecule has 0 unspecified atom stereocenters. The van der Waals surface area contributed by atoms with E-state index < -0.39 is 21.5 Å². The molecule has 9 heteroatoms. The van der Waals surface area contributed by atoms with E-state index in [1.165, 1.54) is 22.6 Å². The summed E-state index contributed by atoms with van der Waals surface area (Å²) < 4.78 is 28.5. The van der Waals surface area contributed by atoms with Crippen LogP contribution in [0.3, 0.4) is 0 Å². The minimum atomic E-state index is -3.83. The number of carbonyl (C=O) groups excluding carboxylic acids is 1. The van der Waals surface area contributed by atoms with Crippen LogP contribution in [0, 0.1) is 0 Å². The van der Waals surface area contributed by atoms with Crippen molar-refractivity contribution in [1.29, 1.82) is 0 Å². The molecule has 1 aliphatic heterocycles. The van der Waals surface area contributed by atoms with E-state index in [1.54, 1.807) is 18.2 Å². The van der Waals surface area contributed by atoms with Crippen molar-refractivity contribution in [2.75, 3.05) is 18.4 Å². The third-order valence-electron chi connectivity index (χ3n) is 4.09. The molecule has 1 amide bonds. The molecule has 138 valence electrons. The lowest BCUT2D eigenvalue weighted by Gasteiger charge is -2.16. The summed E-state index contributed by atoms with van der Waals surface area (Å²) in [6.07, 6.45) is 2.98. The number of sulfonamides is 1. The van der Waals surface area contributed by atoms with E-state index in [1.807, 2.05) is 6.07 Å². The number of benzene rings is 1. The summed E-state index contributed by atoms with van der Waals surface area (Å²) in [6.45, 7) is 0.564. The number of anilines is 1. The molecule has 1 saturated heterocycles. The van der Waals surface area contributed by atoms with E-state index in [2.05, 4.69) is 21.2 Å². The summed E-state index contributed by atoms with van der Waals surface area (Å²) in [5.74, 6) is -0.416. The van der Waals surface area contributed by atoms with Crippen molar-refractivity contribution in [3.8, 4) is 0 Å². The standard InChI is InChI=1S/C17H18BrN3O4S/c18-13-5-3-6-14(11-13)19-16(22)12-20-8-4-7-15(17(20)23)26(24,25)21-9-1-2-10-21/h3-8,11H,1-2,9-10,12H2,(H,19,22). The van der Waals surface area contributed by atoms with E-state index in [0.29, 0.717) is 18.8 Å². The van der Waals surface area contributed by atoms with Crippen molar-refractivity contribution in [2.45, 2.75) is 24.3 Å². The summed E-state index contributed by atoms with van der Waals surface area (Å²) in [5.41, 5.74) is -0.109. The second kappa shape index (κ2) is 7.73. The molecule has 1 N–H and O–H groups in total. The van der Waals surface area contributed by atoms with Crippen LogP contribution in [0.25, 0.3) is 0 Å². The summed E-state index contributed by atoms with van der Waals surface area (Å²) in [4.78, 5) is 24.5. The number of hydrogen-bond acceptors (Lipinski definition) is 4. The predicted molar refractivity (Wildman–Crippen MR) is 101 cm³/mol. The van der Waals surface area contributed by atoms with Crippen LogP contribution in [0.4, 0.5) is 5.69 Å². The van der Waals surface area contributed by atoms with Gasteiger partial charge in [-0.15, -0.1) is 0 Å². The molecule has 0 saturated carbocycles. The highest BCUT2D eigenvalue weighted by atomic mass is 79.9. The molecule has 1 aromatic heterocycles. The lowest BCUT2D eigenvalue weighted by Crippen LogP contribution is -2.36. The number of nitrogens with one attached hydrogen (secondary N) is 1. The molecule has 3 rings (SSSR count). The average molecular weight is 440 g/mol. The van der Waals surface area contributed by atoms with Crippen LogP contribution in [0.15, 0.2) is 56.8 Å². The molecule has 2 aromatic rings. The Bertz CT molecular complexity index is 981. The number of aromatic nitrogens is 1. The van der Waals surface area contributed by atoms with Gasteiger partial charge >= 0.3 is 0 Å². The van der Waals surface area contributed by atoms with Crippen molar-refractivity contribution in [1.82, 2.24) is 8.87 Å². The highest BCUT2D eigenvalue weighted by molar-refractivity contribution is 9.10. The van der Waals surface area contributed by atoms with Gasteiger partial charge in [-0.1, -0.05) is 22.0 Å². The van der Waals surface area contributed by atoms with Crippen LogP contribution in [0.2, 0.25) is 0 Å². The zero-order valence-electron chi connectivity index (χ0n) is 13.9. The van der Waals surface area contributed by atoms with Crippen LogP contribution < -0.4 is 10.9 Å². The fourth-order valence-corrected chi connectivity index (χ4v) is 4.83. The number of halogens is 1. The molecule has 0 atom stereocenters. The maximum absolute atomic E-state index is 12.6. The second-order valence-corrected chi connectivity index (χ2v) is 8.80. The Morgan fingerprint density at radius 3 is 2.58 bits per heavy atom. The molecule has 0 aliphatic carbocycles. The monoisotopic (exact) mass is 439 g/mol. The maximum atomic E-state index is 12.6. The highest BCUT2D eigenvalue weighted by Gasteiger charge is 2.29. The largest absolute Gasteiger partial charge is 0.324 e. The van der Waals surface area contributed by atoms with Gasteiger partial charge in [0, 0.05) is 29.4 Å². The van der Waals surface area contributed by atoms with Gasteiger partial charge in [-0.05, 0) is 43.2 Å². The molecular weight excluding hydrogens is 422 g/mol. The Labute approximate surface area is 159 Å². The molecule has 7 nitrogen and oxygen atoms in total. The molecular formula is C17H18BrN3O4S. The highest BCUT2D eigenvalue weighted by Crippen LogP contribution is 2.18. The van der Waals surface area contributed by atoms with Crippen molar-refractivity contribution < 1.29 is 13.2 Å². The van der Waals surface area contributed by atoms with Gasteiger partial charge < -0.3 is 9.88 Å². The van der Waals surface area contributed by atoms with Crippen LogP contribution in [0.1, 0.15) is 12.8 Å². The number of carbonyl (C=O) groups is 1. The van der Waals surface area contributed by atoms with Gasteiger partial charge in [-0.2, -0.15) is 4.31 Å². The molecule has 0 bridgehead atoms. The quantitative estimate of drug-likeness (QED) is 0.771. The fraction of sp³-hybridized carbons (Fsp3) is 0.294. The zero-order valence-corrected chi connectivity index (χ0v) is 16.3. The predicted octanol–water partition coefficient (Wildman–Crippen LogP) is 2.03. The van der Waals surface area contributed by atoms with Gasteiger partial charge in [0.05, 0.1) is 0 Å². The molecule has 1 aliphatic rings. The smallest absolute Gasteiger partial charge is 0.271 e. The molecule has 26 heavy (non-hydrogen) atoms. The average Bonchev–Trinajstić information content (AvgIpc) is 3.12. The van der Waals surface area contributed by atoms with E-state index in [9.17, 15) is 18.0 Å². The van der Waals surface area contributed by atoms with E-state index in [0.717, 1.165) is 21.9 Å². The van der Waals surface area contributed by atoms with Crippen molar-refractivity contribution in [3.05, 3.63) is 57.4 Å². The Kier molecular flexibility index (Phi) is 5.59. The summed E-state index contributed by atoms with van der Waals surface area (Å²) >= 11 is 3.32. The van der Waals surface area contributed by atoms with Crippen molar-refractivity contribution in [2.24, 2.45) is 0 Å². The van der Waals surface area contributed by atoms with E-state index in [4.69, 9.17) is 0 Å². The molecule has 0 radical (unpaired) electrons. The number of rotatable bonds is 5. The SMILES string of the molecule is O=C(Cn1cccc(S(=O)(=O)N2CCCC2)c1=O)Nc1cccc(Br)c1. The Morgan fingerprint density at radius 1 is 1.15 bits per heavy atom. The molecule has 2 heterocycles. The number of nitrogens with zero attached hydrogens (tertiary/aromatic N) is 2. The Balaban J connectivity index is 1.81. The lowest BCUT2D eigenvalue weighted by molar-refractivity contribution is -0.116. The number of amides is 1. The van der Waals surface area contributed by atoms with Gasteiger partial charge in [0.15, 0.2) is 0 Å². The normalized spacial score (nSPS) is 15.1. The van der Waals surface area contributed by atoms with E-state index in [-0.39, 0.29) is 11.4 Å². The second-order valence-electron chi connectivity index (χ2n) is 5.98. The van der Waals surface area contributed by atoms with Crippen LogP contribution >= 0.6 is 15.9 Å². The first kappa shape index (κ1) is 18.8. The zero-order chi connectivity index (χ0) is 18.7. The summed E-state index contributed by atoms with van der Waals surface area (Å²) in [6, 6.07) is 9.81. The first-order valence-electron chi connectivity index (χ1n) is 8.13. The molecule has 1 fully saturated rings. The summed E-state index contributed by atoms with van der Waals surface area (Å²) in [7, 11) is -3.83. The first-order valence-corrected chi connectivity index (χ1v) is 10.4. The third kappa shape index (κ3) is 4.05. The Hall–Kier alpha value is -1.97. The number of hydrogen-bond donors (Lipinski definition) is 1. The lowest BCUT2D eigenvalue weighted by atomic mass is 10.3. The van der Waals surface area contributed by atoms with Gasteiger partial charge in [-0.3, -0.25) is 9.59 Å². The fourth-order valence-electron chi connectivity index (χ4n) is 2.82. The van der Waals surface area contributed by atoms with Gasteiger partial charge in [0.1, 0.15) is 11.4 Å². The van der Waals surface area contributed by atoms with Gasteiger partial charge in [-0.25, -0.2) is 8.42 Å². The van der Waals surface area contributed by atoms with Crippen LogP contribution in [-0.4, -0.2) is 36.3 Å². The minimum absolute atomic E-state index is 0.269. The molecule has 0 spiro atoms.